The molecule has 1 aromatic carbocycles. The molecule has 2 rings (SSSR count). The Hall–Kier alpha value is -1.06. The fourth-order valence-electron chi connectivity index (χ4n) is 1.44. The molecule has 0 heterocycles. The van der Waals surface area contributed by atoms with Gasteiger partial charge in [0.25, 0.3) is 0 Å². The van der Waals surface area contributed by atoms with E-state index in [0.29, 0.717) is 11.6 Å². The molecule has 3 nitrogen and oxygen atoms in total. The Morgan fingerprint density at radius 3 is 2.60 bits per heavy atom. The van der Waals surface area contributed by atoms with Gasteiger partial charge in [-0.25, -0.2) is 0 Å². The van der Waals surface area contributed by atoms with Crippen LogP contribution in [0.1, 0.15) is 12.0 Å². The van der Waals surface area contributed by atoms with E-state index in [1.54, 1.807) is 0 Å². The predicted molar refractivity (Wildman–Crippen MR) is 59.4 cm³/mol. The summed E-state index contributed by atoms with van der Waals surface area (Å²) in [5.74, 6) is 0.0785. The molecule has 2 atom stereocenters. The molecule has 1 amide bonds. The van der Waals surface area contributed by atoms with Gasteiger partial charge in [-0.1, -0.05) is 23.7 Å². The van der Waals surface area contributed by atoms with Gasteiger partial charge in [0.2, 0.25) is 5.91 Å². The summed E-state index contributed by atoms with van der Waals surface area (Å²) in [6.45, 7) is 0.541. The van der Waals surface area contributed by atoms with Crippen molar-refractivity contribution in [3.8, 4) is 0 Å². The zero-order valence-electron chi connectivity index (χ0n) is 8.24. The fourth-order valence-corrected chi connectivity index (χ4v) is 1.56. The third-order valence-electron chi connectivity index (χ3n) is 2.56. The minimum atomic E-state index is 0.0253. The zero-order valence-corrected chi connectivity index (χ0v) is 9.00. The highest BCUT2D eigenvalue weighted by Crippen LogP contribution is 2.27. The molecule has 1 aromatic rings. The van der Waals surface area contributed by atoms with Crippen LogP contribution in [0.3, 0.4) is 0 Å². The first-order chi connectivity index (χ1) is 7.16. The summed E-state index contributed by atoms with van der Waals surface area (Å²) in [7, 11) is 0. The molecule has 1 aliphatic rings. The van der Waals surface area contributed by atoms with Crippen LogP contribution in [0.25, 0.3) is 0 Å². The largest absolute Gasteiger partial charge is 0.352 e. The summed E-state index contributed by atoms with van der Waals surface area (Å²) in [5.41, 5.74) is 6.62. The summed E-state index contributed by atoms with van der Waals surface area (Å²) in [6, 6.07) is 7.48. The van der Waals surface area contributed by atoms with Gasteiger partial charge in [0, 0.05) is 17.6 Å². The van der Waals surface area contributed by atoms with Gasteiger partial charge in [0.1, 0.15) is 0 Å². The number of nitrogens with two attached hydrogens (primary N) is 1. The molecule has 1 aliphatic carbocycles. The van der Waals surface area contributed by atoms with E-state index >= 15 is 0 Å². The fraction of sp³-hybridized carbons (Fsp3) is 0.364. The number of benzene rings is 1. The molecule has 0 aromatic heterocycles. The summed E-state index contributed by atoms with van der Waals surface area (Å²) in [5, 5.41) is 3.55. The monoisotopic (exact) mass is 224 g/mol. The Kier molecular flexibility index (Phi) is 2.93. The van der Waals surface area contributed by atoms with Crippen LogP contribution in [0, 0.1) is 5.92 Å². The number of carbonyl (C=O) groups is 1. The van der Waals surface area contributed by atoms with Crippen LogP contribution in [-0.2, 0) is 11.3 Å². The minimum absolute atomic E-state index is 0.0253. The second-order valence-corrected chi connectivity index (χ2v) is 4.29. The highest BCUT2D eigenvalue weighted by Gasteiger charge is 2.39. The molecule has 0 bridgehead atoms. The molecule has 0 saturated heterocycles. The van der Waals surface area contributed by atoms with E-state index < -0.39 is 0 Å². The zero-order chi connectivity index (χ0) is 10.8. The molecular formula is C11H13ClN2O. The number of carbonyl (C=O) groups excluding carboxylic acids is 1. The molecule has 2 unspecified atom stereocenters. The molecule has 3 N–H and O–H groups in total. The van der Waals surface area contributed by atoms with Gasteiger partial charge in [-0.15, -0.1) is 0 Å². The number of hydrogen-bond donors (Lipinski definition) is 2. The van der Waals surface area contributed by atoms with Crippen molar-refractivity contribution in [2.75, 3.05) is 0 Å². The first kappa shape index (κ1) is 10.5. The molecule has 0 radical (unpaired) electrons. The topological polar surface area (TPSA) is 55.1 Å². The molecule has 80 valence electrons. The van der Waals surface area contributed by atoms with Crippen LogP contribution < -0.4 is 11.1 Å². The van der Waals surface area contributed by atoms with Gasteiger partial charge in [-0.3, -0.25) is 4.79 Å². The highest BCUT2D eigenvalue weighted by atomic mass is 35.5. The molecule has 1 saturated carbocycles. The number of amides is 1. The number of nitrogens with one attached hydrogen (secondary N) is 1. The Bertz CT molecular complexity index is 363. The Morgan fingerprint density at radius 1 is 1.47 bits per heavy atom. The van der Waals surface area contributed by atoms with Gasteiger partial charge < -0.3 is 11.1 Å². The molecule has 1 fully saturated rings. The van der Waals surface area contributed by atoms with Crippen molar-refractivity contribution in [1.29, 1.82) is 0 Å². The van der Waals surface area contributed by atoms with Crippen LogP contribution in [0.2, 0.25) is 5.02 Å². The van der Waals surface area contributed by atoms with E-state index in [-0.39, 0.29) is 17.9 Å². The van der Waals surface area contributed by atoms with Crippen molar-refractivity contribution >= 4 is 17.5 Å². The van der Waals surface area contributed by atoms with Crippen LogP contribution in [-0.4, -0.2) is 11.9 Å². The average Bonchev–Trinajstić information content (AvgIpc) is 2.94. The van der Waals surface area contributed by atoms with Gasteiger partial charge in [-0.05, 0) is 24.1 Å². The average molecular weight is 225 g/mol. The van der Waals surface area contributed by atoms with E-state index in [1.807, 2.05) is 24.3 Å². The third kappa shape index (κ3) is 2.70. The van der Waals surface area contributed by atoms with Gasteiger partial charge in [-0.2, -0.15) is 0 Å². The lowest BCUT2D eigenvalue weighted by molar-refractivity contribution is -0.122. The number of rotatable bonds is 3. The van der Waals surface area contributed by atoms with Gasteiger partial charge in [0.15, 0.2) is 0 Å². The Morgan fingerprint density at radius 2 is 2.07 bits per heavy atom. The van der Waals surface area contributed by atoms with E-state index in [2.05, 4.69) is 5.32 Å². The van der Waals surface area contributed by atoms with E-state index in [1.165, 1.54) is 0 Å². The number of halogens is 1. The maximum atomic E-state index is 11.4. The lowest BCUT2D eigenvalue weighted by Gasteiger charge is -2.04. The maximum absolute atomic E-state index is 11.4. The van der Waals surface area contributed by atoms with Crippen molar-refractivity contribution in [3.63, 3.8) is 0 Å². The summed E-state index contributed by atoms with van der Waals surface area (Å²) in [4.78, 5) is 11.4. The first-order valence-corrected chi connectivity index (χ1v) is 5.32. The third-order valence-corrected chi connectivity index (χ3v) is 2.81. The number of hydrogen-bond acceptors (Lipinski definition) is 2. The van der Waals surface area contributed by atoms with E-state index in [9.17, 15) is 4.79 Å². The van der Waals surface area contributed by atoms with Crippen molar-refractivity contribution in [2.24, 2.45) is 11.7 Å². The van der Waals surface area contributed by atoms with Crippen molar-refractivity contribution in [3.05, 3.63) is 34.9 Å². The van der Waals surface area contributed by atoms with Gasteiger partial charge in [0.05, 0.1) is 5.92 Å². The SMILES string of the molecule is NC1CC1C(=O)NCc1ccc(Cl)cc1. The molecule has 0 spiro atoms. The quantitative estimate of drug-likeness (QED) is 0.813. The lowest BCUT2D eigenvalue weighted by atomic mass is 10.2. The predicted octanol–water partition coefficient (Wildman–Crippen LogP) is 1.30. The van der Waals surface area contributed by atoms with Crippen LogP contribution >= 0.6 is 11.6 Å². The summed E-state index contributed by atoms with van der Waals surface area (Å²) in [6.07, 6.45) is 0.812. The highest BCUT2D eigenvalue weighted by molar-refractivity contribution is 6.30. The van der Waals surface area contributed by atoms with Crippen LogP contribution in [0.5, 0.6) is 0 Å². The van der Waals surface area contributed by atoms with E-state index in [0.717, 1.165) is 12.0 Å². The Labute approximate surface area is 93.6 Å². The second-order valence-electron chi connectivity index (χ2n) is 3.85. The first-order valence-electron chi connectivity index (χ1n) is 4.94. The Balaban J connectivity index is 1.82. The molecule has 4 heteroatoms. The summed E-state index contributed by atoms with van der Waals surface area (Å²) < 4.78 is 0. The molecule has 15 heavy (non-hydrogen) atoms. The smallest absolute Gasteiger partial charge is 0.225 e. The standard InChI is InChI=1S/C11H13ClN2O/c12-8-3-1-7(2-4-8)6-14-11(15)9-5-10(9)13/h1-4,9-10H,5-6,13H2,(H,14,15). The van der Waals surface area contributed by atoms with Crippen LogP contribution in [0.15, 0.2) is 24.3 Å². The van der Waals surface area contributed by atoms with Crippen LogP contribution in [0.4, 0.5) is 0 Å². The summed E-state index contributed by atoms with van der Waals surface area (Å²) >= 11 is 5.75. The minimum Gasteiger partial charge on any atom is -0.352 e. The normalized spacial score (nSPS) is 23.6. The molecule has 0 aliphatic heterocycles. The lowest BCUT2D eigenvalue weighted by Crippen LogP contribution is -2.26. The van der Waals surface area contributed by atoms with Crippen molar-refractivity contribution < 1.29 is 4.79 Å². The van der Waals surface area contributed by atoms with Gasteiger partial charge >= 0.3 is 0 Å². The van der Waals surface area contributed by atoms with Crippen molar-refractivity contribution in [1.82, 2.24) is 5.32 Å². The second kappa shape index (κ2) is 4.21. The molecular weight excluding hydrogens is 212 g/mol. The van der Waals surface area contributed by atoms with E-state index in [4.69, 9.17) is 17.3 Å². The van der Waals surface area contributed by atoms with Crippen molar-refractivity contribution in [2.45, 2.75) is 19.0 Å². The maximum Gasteiger partial charge on any atom is 0.225 e.